The van der Waals surface area contributed by atoms with Crippen molar-refractivity contribution in [2.75, 3.05) is 0 Å². The fraction of sp³-hybridized carbons (Fsp3) is 0.250. The lowest BCUT2D eigenvalue weighted by Gasteiger charge is -1.98. The van der Waals surface area contributed by atoms with Gasteiger partial charge in [0.25, 0.3) is 0 Å². The zero-order valence-electron chi connectivity index (χ0n) is 6.47. The fourth-order valence-corrected chi connectivity index (χ4v) is 1.20. The van der Waals surface area contributed by atoms with E-state index in [1.807, 2.05) is 0 Å². The summed E-state index contributed by atoms with van der Waals surface area (Å²) in [5.74, 6) is 0.0842. The van der Waals surface area contributed by atoms with E-state index in [2.05, 4.69) is 20.9 Å². The first-order valence-corrected chi connectivity index (χ1v) is 4.57. The number of aromatic nitrogens is 1. The van der Waals surface area contributed by atoms with Crippen LogP contribution in [-0.4, -0.2) is 10.8 Å². The molecule has 0 radical (unpaired) electrons. The number of Topliss-reactive ketones (excluding diaryl/α,β-unsaturated/α-hetero) is 1. The summed E-state index contributed by atoms with van der Waals surface area (Å²) in [6.45, 7) is 1.53. The summed E-state index contributed by atoms with van der Waals surface area (Å²) in [7, 11) is 0. The quantitative estimate of drug-likeness (QED) is 0.753. The lowest BCUT2D eigenvalue weighted by Crippen LogP contribution is -1.98. The van der Waals surface area contributed by atoms with Gasteiger partial charge in [-0.15, -0.1) is 0 Å². The number of hydrogen-bond acceptors (Lipinski definition) is 2. The second-order valence-electron chi connectivity index (χ2n) is 2.45. The van der Waals surface area contributed by atoms with Gasteiger partial charge in [-0.05, 0) is 35.0 Å². The van der Waals surface area contributed by atoms with Gasteiger partial charge in [0, 0.05) is 12.1 Å². The van der Waals surface area contributed by atoms with Crippen molar-refractivity contribution < 1.29 is 4.79 Å². The fourth-order valence-electron chi connectivity index (χ4n) is 0.808. The molecular formula is C8H7BrClNO. The second-order valence-corrected chi connectivity index (χ2v) is 3.67. The maximum absolute atomic E-state index is 10.7. The van der Waals surface area contributed by atoms with Gasteiger partial charge in [-0.1, -0.05) is 11.6 Å². The molecule has 2 nitrogen and oxygen atoms in total. The maximum atomic E-state index is 10.7. The summed E-state index contributed by atoms with van der Waals surface area (Å²) < 4.78 is 0.747. The third-order valence-corrected chi connectivity index (χ3v) is 2.45. The Balaban J connectivity index is 2.89. The predicted molar refractivity (Wildman–Crippen MR) is 51.3 cm³/mol. The highest BCUT2D eigenvalue weighted by atomic mass is 79.9. The van der Waals surface area contributed by atoms with Gasteiger partial charge in [-0.3, -0.25) is 4.79 Å². The highest BCUT2D eigenvalue weighted by molar-refractivity contribution is 9.10. The molecular weight excluding hydrogens is 241 g/mol. The Morgan fingerprint density at radius 2 is 2.33 bits per heavy atom. The van der Waals surface area contributed by atoms with E-state index >= 15 is 0 Å². The largest absolute Gasteiger partial charge is 0.300 e. The summed E-state index contributed by atoms with van der Waals surface area (Å²) in [5, 5.41) is 0.397. The van der Waals surface area contributed by atoms with Crippen LogP contribution in [-0.2, 0) is 11.2 Å². The van der Waals surface area contributed by atoms with Crippen LogP contribution in [0, 0.1) is 0 Å². The third-order valence-electron chi connectivity index (χ3n) is 1.29. The molecule has 1 heterocycles. The Bertz CT molecular complexity index is 314. The molecule has 1 rings (SSSR count). The number of ketones is 1. The third kappa shape index (κ3) is 2.57. The molecule has 0 saturated heterocycles. The van der Waals surface area contributed by atoms with E-state index < -0.39 is 0 Å². The van der Waals surface area contributed by atoms with Gasteiger partial charge >= 0.3 is 0 Å². The van der Waals surface area contributed by atoms with E-state index in [0.717, 1.165) is 4.47 Å². The van der Waals surface area contributed by atoms with Crippen molar-refractivity contribution in [1.82, 2.24) is 4.98 Å². The standard InChI is InChI=1S/C8H7BrClNO/c1-5(12)4-6-2-3-7(9)8(10)11-6/h2-3H,4H2,1H3. The summed E-state index contributed by atoms with van der Waals surface area (Å²) in [4.78, 5) is 14.7. The molecule has 4 heteroatoms. The number of carbonyl (C=O) groups excluding carboxylic acids is 1. The Labute approximate surface area is 84.1 Å². The number of pyridine rings is 1. The molecule has 1 aromatic rings. The maximum Gasteiger partial charge on any atom is 0.143 e. The first kappa shape index (κ1) is 9.68. The Kier molecular flexibility index (Phi) is 3.23. The molecule has 0 bridgehead atoms. The minimum atomic E-state index is 0.0842. The number of halogens is 2. The molecule has 0 unspecified atom stereocenters. The van der Waals surface area contributed by atoms with Crippen LogP contribution in [0.2, 0.25) is 5.15 Å². The zero-order valence-corrected chi connectivity index (χ0v) is 8.82. The van der Waals surface area contributed by atoms with Crippen molar-refractivity contribution in [2.45, 2.75) is 13.3 Å². The highest BCUT2D eigenvalue weighted by Gasteiger charge is 2.02. The molecule has 0 atom stereocenters. The minimum absolute atomic E-state index is 0.0842. The van der Waals surface area contributed by atoms with Crippen molar-refractivity contribution in [3.63, 3.8) is 0 Å². The number of carbonyl (C=O) groups is 1. The first-order chi connectivity index (χ1) is 5.59. The van der Waals surface area contributed by atoms with Crippen LogP contribution < -0.4 is 0 Å². The lowest BCUT2D eigenvalue weighted by molar-refractivity contribution is -0.116. The van der Waals surface area contributed by atoms with Gasteiger partial charge < -0.3 is 0 Å². The van der Waals surface area contributed by atoms with Gasteiger partial charge in [0.05, 0.1) is 4.47 Å². The van der Waals surface area contributed by atoms with E-state index in [0.29, 0.717) is 17.3 Å². The smallest absolute Gasteiger partial charge is 0.143 e. The average molecular weight is 249 g/mol. The van der Waals surface area contributed by atoms with Crippen molar-refractivity contribution in [3.05, 3.63) is 27.5 Å². The highest BCUT2D eigenvalue weighted by Crippen LogP contribution is 2.19. The van der Waals surface area contributed by atoms with Crippen LogP contribution >= 0.6 is 27.5 Å². The molecule has 0 aliphatic rings. The number of hydrogen-bond donors (Lipinski definition) is 0. The van der Waals surface area contributed by atoms with E-state index in [9.17, 15) is 4.79 Å². The van der Waals surface area contributed by atoms with Crippen LogP contribution in [0.4, 0.5) is 0 Å². The zero-order chi connectivity index (χ0) is 9.14. The van der Waals surface area contributed by atoms with Crippen molar-refractivity contribution in [1.29, 1.82) is 0 Å². The number of nitrogens with zero attached hydrogens (tertiary/aromatic N) is 1. The Morgan fingerprint density at radius 3 is 2.83 bits per heavy atom. The molecule has 0 spiro atoms. The van der Waals surface area contributed by atoms with Gasteiger partial charge in [-0.2, -0.15) is 0 Å². The van der Waals surface area contributed by atoms with Crippen molar-refractivity contribution in [2.24, 2.45) is 0 Å². The molecule has 0 aliphatic heterocycles. The molecule has 0 aromatic carbocycles. The van der Waals surface area contributed by atoms with Crippen LogP contribution in [0.5, 0.6) is 0 Å². The van der Waals surface area contributed by atoms with Gasteiger partial charge in [0.1, 0.15) is 10.9 Å². The van der Waals surface area contributed by atoms with Crippen molar-refractivity contribution in [3.8, 4) is 0 Å². The summed E-state index contributed by atoms with van der Waals surface area (Å²) >= 11 is 8.94. The van der Waals surface area contributed by atoms with E-state index in [1.54, 1.807) is 12.1 Å². The van der Waals surface area contributed by atoms with Gasteiger partial charge in [0.2, 0.25) is 0 Å². The normalized spacial score (nSPS) is 9.92. The van der Waals surface area contributed by atoms with Crippen LogP contribution in [0.15, 0.2) is 16.6 Å². The molecule has 0 N–H and O–H groups in total. The molecule has 0 aliphatic carbocycles. The molecule has 12 heavy (non-hydrogen) atoms. The predicted octanol–water partition coefficient (Wildman–Crippen LogP) is 2.63. The second kappa shape index (κ2) is 4.01. The summed E-state index contributed by atoms with van der Waals surface area (Å²) in [6.07, 6.45) is 0.340. The molecule has 1 aromatic heterocycles. The Hall–Kier alpha value is -0.410. The molecule has 64 valence electrons. The summed E-state index contributed by atoms with van der Waals surface area (Å²) in [5.41, 5.74) is 0.704. The summed E-state index contributed by atoms with van der Waals surface area (Å²) in [6, 6.07) is 3.56. The number of rotatable bonds is 2. The van der Waals surface area contributed by atoms with Gasteiger partial charge in [0.15, 0.2) is 0 Å². The lowest BCUT2D eigenvalue weighted by atomic mass is 10.2. The first-order valence-electron chi connectivity index (χ1n) is 3.40. The topological polar surface area (TPSA) is 30.0 Å². The van der Waals surface area contributed by atoms with E-state index in [1.165, 1.54) is 6.92 Å². The van der Waals surface area contributed by atoms with E-state index in [4.69, 9.17) is 11.6 Å². The van der Waals surface area contributed by atoms with Gasteiger partial charge in [-0.25, -0.2) is 4.98 Å². The Morgan fingerprint density at radius 1 is 1.67 bits per heavy atom. The van der Waals surface area contributed by atoms with Crippen LogP contribution in [0.3, 0.4) is 0 Å². The minimum Gasteiger partial charge on any atom is -0.300 e. The SMILES string of the molecule is CC(=O)Cc1ccc(Br)c(Cl)n1. The van der Waals surface area contributed by atoms with Crippen LogP contribution in [0.25, 0.3) is 0 Å². The molecule has 0 amide bonds. The van der Waals surface area contributed by atoms with Crippen LogP contribution in [0.1, 0.15) is 12.6 Å². The monoisotopic (exact) mass is 247 g/mol. The van der Waals surface area contributed by atoms with Crippen molar-refractivity contribution >= 4 is 33.3 Å². The molecule has 0 saturated carbocycles. The van der Waals surface area contributed by atoms with E-state index in [-0.39, 0.29) is 5.78 Å². The molecule has 0 fully saturated rings. The average Bonchev–Trinajstić information content (AvgIpc) is 1.96.